The van der Waals surface area contributed by atoms with E-state index in [2.05, 4.69) is 34.6 Å². The van der Waals surface area contributed by atoms with Gasteiger partial charge in [-0.25, -0.2) is 0 Å². The molecule has 0 aromatic heterocycles. The summed E-state index contributed by atoms with van der Waals surface area (Å²) < 4.78 is 0. The molecule has 0 bridgehead atoms. The van der Waals surface area contributed by atoms with E-state index in [4.69, 9.17) is 5.73 Å². The second-order valence-electron chi connectivity index (χ2n) is 6.97. The van der Waals surface area contributed by atoms with Crippen LogP contribution in [0.1, 0.15) is 53.9 Å². The van der Waals surface area contributed by atoms with Crippen LogP contribution in [-0.4, -0.2) is 29.9 Å². The molecule has 0 aliphatic carbocycles. The van der Waals surface area contributed by atoms with Crippen LogP contribution >= 0.6 is 0 Å². The fourth-order valence-corrected chi connectivity index (χ4v) is 3.16. The third-order valence-electron chi connectivity index (χ3n) is 4.07. The number of hydrogen-bond donors (Lipinski definition) is 1. The third-order valence-corrected chi connectivity index (χ3v) is 4.07. The first-order valence-corrected chi connectivity index (χ1v) is 7.29. The Labute approximate surface area is 112 Å². The molecule has 0 saturated carbocycles. The monoisotopic (exact) mass is 254 g/mol. The van der Waals surface area contributed by atoms with Crippen LogP contribution in [0.5, 0.6) is 0 Å². The Morgan fingerprint density at radius 3 is 2.17 bits per heavy atom. The van der Waals surface area contributed by atoms with Crippen LogP contribution in [0.2, 0.25) is 0 Å². The van der Waals surface area contributed by atoms with Crippen LogP contribution < -0.4 is 5.73 Å². The number of carbonyl (C=O) groups is 1. The van der Waals surface area contributed by atoms with Crippen molar-refractivity contribution in [2.75, 3.05) is 13.1 Å². The second-order valence-corrected chi connectivity index (χ2v) is 6.97. The first kappa shape index (κ1) is 15.5. The summed E-state index contributed by atoms with van der Waals surface area (Å²) in [6.45, 7) is 12.3. The molecule has 1 aliphatic heterocycles. The highest BCUT2D eigenvalue weighted by Gasteiger charge is 2.34. The third kappa shape index (κ3) is 3.98. The van der Waals surface area contributed by atoms with Crippen LogP contribution in [0.4, 0.5) is 0 Å². The summed E-state index contributed by atoms with van der Waals surface area (Å²) in [4.78, 5) is 14.6. The molecule has 1 rings (SSSR count). The largest absolute Gasteiger partial charge is 0.342 e. The molecule has 106 valence electrons. The summed E-state index contributed by atoms with van der Waals surface area (Å²) in [7, 11) is 0. The van der Waals surface area contributed by atoms with E-state index in [9.17, 15) is 4.79 Å². The average Bonchev–Trinajstić information content (AvgIpc) is 2.26. The zero-order valence-electron chi connectivity index (χ0n) is 12.7. The van der Waals surface area contributed by atoms with Crippen molar-refractivity contribution in [3.05, 3.63) is 0 Å². The minimum atomic E-state index is -0.227. The lowest BCUT2D eigenvalue weighted by molar-refractivity contribution is -0.142. The lowest BCUT2D eigenvalue weighted by atomic mass is 9.81. The normalized spacial score (nSPS) is 20.3. The van der Waals surface area contributed by atoms with Crippen molar-refractivity contribution in [3.63, 3.8) is 0 Å². The molecule has 0 aromatic rings. The Kier molecular flexibility index (Phi) is 5.20. The number of carbonyl (C=O) groups excluding carboxylic acids is 1. The molecule has 1 amide bonds. The molecule has 1 fully saturated rings. The van der Waals surface area contributed by atoms with E-state index in [-0.39, 0.29) is 11.5 Å². The van der Waals surface area contributed by atoms with Crippen molar-refractivity contribution in [2.24, 2.45) is 23.0 Å². The molecule has 0 radical (unpaired) electrons. The van der Waals surface area contributed by atoms with Gasteiger partial charge in [0.1, 0.15) is 0 Å². The van der Waals surface area contributed by atoms with Gasteiger partial charge in [-0.1, -0.05) is 27.7 Å². The van der Waals surface area contributed by atoms with Gasteiger partial charge >= 0.3 is 0 Å². The van der Waals surface area contributed by atoms with E-state index < -0.39 is 0 Å². The van der Waals surface area contributed by atoms with Crippen LogP contribution in [0.25, 0.3) is 0 Å². The van der Waals surface area contributed by atoms with Crippen LogP contribution in [0.15, 0.2) is 0 Å². The summed E-state index contributed by atoms with van der Waals surface area (Å²) in [5, 5.41) is 0. The van der Waals surface area contributed by atoms with Crippen LogP contribution in [-0.2, 0) is 4.79 Å². The number of rotatable bonds is 4. The highest BCUT2D eigenvalue weighted by atomic mass is 16.2. The maximum absolute atomic E-state index is 12.5. The molecule has 1 heterocycles. The molecular weight excluding hydrogens is 224 g/mol. The average molecular weight is 254 g/mol. The van der Waals surface area contributed by atoms with Gasteiger partial charge in [0.2, 0.25) is 5.91 Å². The number of piperidine rings is 1. The number of nitrogens with zero attached hydrogens (tertiary/aromatic N) is 1. The summed E-state index contributed by atoms with van der Waals surface area (Å²) in [6.07, 6.45) is 3.07. The summed E-state index contributed by atoms with van der Waals surface area (Å²) in [6, 6.07) is 0.255. The summed E-state index contributed by atoms with van der Waals surface area (Å²) in [5.41, 5.74) is 5.71. The fraction of sp³-hybridized carbons (Fsp3) is 0.933. The quantitative estimate of drug-likeness (QED) is 0.838. The predicted octanol–water partition coefficient (Wildman–Crippen LogP) is 2.64. The molecule has 3 nitrogen and oxygen atoms in total. The Morgan fingerprint density at radius 2 is 1.78 bits per heavy atom. The van der Waals surface area contributed by atoms with Crippen LogP contribution in [0, 0.1) is 17.3 Å². The minimum Gasteiger partial charge on any atom is -0.342 e. The predicted molar refractivity (Wildman–Crippen MR) is 76.2 cm³/mol. The molecule has 1 saturated heterocycles. The fourth-order valence-electron chi connectivity index (χ4n) is 3.16. The molecule has 18 heavy (non-hydrogen) atoms. The van der Waals surface area contributed by atoms with Crippen molar-refractivity contribution in [1.82, 2.24) is 4.90 Å². The lowest BCUT2D eigenvalue weighted by Gasteiger charge is -2.38. The molecule has 2 N–H and O–H groups in total. The lowest BCUT2D eigenvalue weighted by Crippen LogP contribution is -2.47. The molecule has 0 spiro atoms. The number of hydrogen-bond acceptors (Lipinski definition) is 2. The molecule has 3 heteroatoms. The van der Waals surface area contributed by atoms with E-state index in [1.807, 2.05) is 4.90 Å². The van der Waals surface area contributed by atoms with E-state index in [1.54, 1.807) is 0 Å². The van der Waals surface area contributed by atoms with Gasteiger partial charge in [0, 0.05) is 24.5 Å². The highest BCUT2D eigenvalue weighted by Crippen LogP contribution is 2.30. The van der Waals surface area contributed by atoms with Crippen LogP contribution in [0.3, 0.4) is 0 Å². The highest BCUT2D eigenvalue weighted by molar-refractivity contribution is 5.82. The molecule has 0 aromatic carbocycles. The first-order valence-electron chi connectivity index (χ1n) is 7.29. The van der Waals surface area contributed by atoms with Crippen molar-refractivity contribution in [3.8, 4) is 0 Å². The van der Waals surface area contributed by atoms with Gasteiger partial charge < -0.3 is 10.6 Å². The Balaban J connectivity index is 2.54. The number of likely N-dealkylation sites (tertiary alicyclic amines) is 1. The minimum absolute atomic E-state index is 0.227. The SMILES string of the molecule is CC(C)CC(C)(C)C(=O)N1CCC(C(C)N)CC1. The zero-order valence-corrected chi connectivity index (χ0v) is 12.7. The van der Waals surface area contributed by atoms with Gasteiger partial charge in [-0.2, -0.15) is 0 Å². The maximum atomic E-state index is 12.5. The van der Waals surface area contributed by atoms with Gasteiger partial charge in [0.25, 0.3) is 0 Å². The Hall–Kier alpha value is -0.570. The van der Waals surface area contributed by atoms with Crippen molar-refractivity contribution in [2.45, 2.75) is 59.9 Å². The van der Waals surface area contributed by atoms with E-state index in [0.717, 1.165) is 32.4 Å². The van der Waals surface area contributed by atoms with Crippen molar-refractivity contribution in [1.29, 1.82) is 0 Å². The first-order chi connectivity index (χ1) is 8.24. The zero-order chi connectivity index (χ0) is 13.9. The van der Waals surface area contributed by atoms with Crippen molar-refractivity contribution < 1.29 is 4.79 Å². The maximum Gasteiger partial charge on any atom is 0.228 e. The standard InChI is InChI=1S/C15H30N2O/c1-11(2)10-15(4,5)14(18)17-8-6-13(7-9-17)12(3)16/h11-13H,6-10,16H2,1-5H3. The number of amides is 1. The van der Waals surface area contributed by atoms with E-state index >= 15 is 0 Å². The van der Waals surface area contributed by atoms with Gasteiger partial charge in [-0.05, 0) is 38.0 Å². The van der Waals surface area contributed by atoms with Crippen molar-refractivity contribution >= 4 is 5.91 Å². The smallest absolute Gasteiger partial charge is 0.228 e. The molecule has 1 aliphatic rings. The van der Waals surface area contributed by atoms with Gasteiger partial charge in [-0.3, -0.25) is 4.79 Å². The van der Waals surface area contributed by atoms with Gasteiger partial charge in [0.15, 0.2) is 0 Å². The Bertz CT molecular complexity index is 276. The Morgan fingerprint density at radius 1 is 1.28 bits per heavy atom. The van der Waals surface area contributed by atoms with E-state index in [1.165, 1.54) is 0 Å². The molecule has 1 unspecified atom stereocenters. The van der Waals surface area contributed by atoms with E-state index in [0.29, 0.717) is 17.7 Å². The summed E-state index contributed by atoms with van der Waals surface area (Å²) in [5.74, 6) is 1.46. The topological polar surface area (TPSA) is 46.3 Å². The van der Waals surface area contributed by atoms with Gasteiger partial charge in [0.05, 0.1) is 0 Å². The van der Waals surface area contributed by atoms with Gasteiger partial charge in [-0.15, -0.1) is 0 Å². The molecular formula is C15H30N2O. The number of nitrogens with two attached hydrogens (primary N) is 1. The molecule has 1 atom stereocenters. The second kappa shape index (κ2) is 6.05. The summed E-state index contributed by atoms with van der Waals surface area (Å²) >= 11 is 0.